The van der Waals surface area contributed by atoms with Crippen molar-refractivity contribution >= 4 is 17.9 Å². The van der Waals surface area contributed by atoms with Crippen molar-refractivity contribution in [2.45, 2.75) is 31.7 Å². The average Bonchev–Trinajstić information content (AvgIpc) is 2.59. The highest BCUT2D eigenvalue weighted by atomic mass is 19.1. The van der Waals surface area contributed by atoms with Crippen LogP contribution in [0.5, 0.6) is 0 Å². The van der Waals surface area contributed by atoms with Crippen LogP contribution in [0, 0.1) is 17.6 Å². The zero-order valence-corrected chi connectivity index (χ0v) is 14.1. The fourth-order valence-corrected chi connectivity index (χ4v) is 2.88. The monoisotopic (exact) mass is 369 g/mol. The molecule has 0 atom stereocenters. The van der Waals surface area contributed by atoms with Gasteiger partial charge in [0.25, 0.3) is 5.91 Å². The summed E-state index contributed by atoms with van der Waals surface area (Å²) in [5, 5.41) is 16.5. The van der Waals surface area contributed by atoms with Crippen LogP contribution in [-0.4, -0.2) is 42.1 Å². The number of amides is 3. The molecule has 0 saturated heterocycles. The highest BCUT2D eigenvalue weighted by Gasteiger charge is 2.26. The van der Waals surface area contributed by atoms with E-state index in [1.165, 1.54) is 0 Å². The molecule has 1 aliphatic carbocycles. The van der Waals surface area contributed by atoms with Crippen molar-refractivity contribution in [3.8, 4) is 0 Å². The number of carbonyl (C=O) groups excluding carboxylic acids is 2. The molecule has 1 aromatic carbocycles. The van der Waals surface area contributed by atoms with Gasteiger partial charge in [0, 0.05) is 19.1 Å². The molecule has 0 bridgehead atoms. The first-order valence-electron chi connectivity index (χ1n) is 8.38. The second kappa shape index (κ2) is 9.12. The summed E-state index contributed by atoms with van der Waals surface area (Å²) in [5.41, 5.74) is -0.660. The summed E-state index contributed by atoms with van der Waals surface area (Å²) in [6.07, 6.45) is 2.22. The molecule has 142 valence electrons. The lowest BCUT2D eigenvalue weighted by atomic mass is 9.86. The third-order valence-electron chi connectivity index (χ3n) is 4.30. The minimum Gasteiger partial charge on any atom is -0.481 e. The quantitative estimate of drug-likeness (QED) is 0.572. The number of rotatable bonds is 6. The molecule has 3 amide bonds. The van der Waals surface area contributed by atoms with E-state index in [-0.39, 0.29) is 25.0 Å². The van der Waals surface area contributed by atoms with Crippen LogP contribution in [0.15, 0.2) is 18.2 Å². The lowest BCUT2D eigenvalue weighted by Gasteiger charge is -2.26. The van der Waals surface area contributed by atoms with Crippen molar-refractivity contribution in [1.82, 2.24) is 16.0 Å². The Morgan fingerprint density at radius 2 is 1.58 bits per heavy atom. The van der Waals surface area contributed by atoms with Gasteiger partial charge in [-0.2, -0.15) is 0 Å². The standard InChI is InChI=1S/C17H21F2N3O4/c18-12-2-1-3-13(19)14(12)15(23)20-8-9-21-17(26)22-11-6-4-10(5-7-11)16(24)25/h1-3,10-11H,4-9H2,(H,20,23)(H,24,25)(H2,21,22,26). The summed E-state index contributed by atoms with van der Waals surface area (Å²) in [4.78, 5) is 34.4. The highest BCUT2D eigenvalue weighted by molar-refractivity contribution is 5.94. The predicted octanol–water partition coefficient (Wildman–Crippen LogP) is 1.64. The van der Waals surface area contributed by atoms with Crippen LogP contribution in [-0.2, 0) is 4.79 Å². The minimum atomic E-state index is -0.954. The van der Waals surface area contributed by atoms with Gasteiger partial charge in [-0.3, -0.25) is 9.59 Å². The molecule has 26 heavy (non-hydrogen) atoms. The number of urea groups is 1. The zero-order chi connectivity index (χ0) is 19.1. The molecule has 1 fully saturated rings. The molecule has 0 radical (unpaired) electrons. The fraction of sp³-hybridized carbons (Fsp3) is 0.471. The largest absolute Gasteiger partial charge is 0.481 e. The van der Waals surface area contributed by atoms with E-state index in [1.54, 1.807) is 0 Å². The average molecular weight is 369 g/mol. The van der Waals surface area contributed by atoms with Crippen molar-refractivity contribution < 1.29 is 28.3 Å². The molecule has 4 N–H and O–H groups in total. The molecule has 1 aliphatic rings. The van der Waals surface area contributed by atoms with E-state index in [0.29, 0.717) is 25.7 Å². The lowest BCUT2D eigenvalue weighted by Crippen LogP contribution is -2.46. The van der Waals surface area contributed by atoms with Crippen molar-refractivity contribution in [3.05, 3.63) is 35.4 Å². The number of aliphatic carboxylic acids is 1. The molecule has 2 rings (SSSR count). The van der Waals surface area contributed by atoms with Gasteiger partial charge in [0.2, 0.25) is 0 Å². The van der Waals surface area contributed by atoms with Gasteiger partial charge in [0.15, 0.2) is 0 Å². The Hall–Kier alpha value is -2.71. The van der Waals surface area contributed by atoms with E-state index in [0.717, 1.165) is 18.2 Å². The number of carbonyl (C=O) groups is 3. The first kappa shape index (κ1) is 19.6. The van der Waals surface area contributed by atoms with Gasteiger partial charge in [-0.25, -0.2) is 13.6 Å². The van der Waals surface area contributed by atoms with Gasteiger partial charge in [-0.1, -0.05) is 6.07 Å². The van der Waals surface area contributed by atoms with Crippen LogP contribution in [0.25, 0.3) is 0 Å². The van der Waals surface area contributed by atoms with E-state index in [2.05, 4.69) is 16.0 Å². The predicted molar refractivity (Wildman–Crippen MR) is 88.6 cm³/mol. The first-order valence-corrected chi connectivity index (χ1v) is 8.38. The van der Waals surface area contributed by atoms with Crippen molar-refractivity contribution in [1.29, 1.82) is 0 Å². The number of hydrogen-bond acceptors (Lipinski definition) is 3. The molecule has 0 aliphatic heterocycles. The van der Waals surface area contributed by atoms with Crippen LogP contribution in [0.3, 0.4) is 0 Å². The molecule has 9 heteroatoms. The maximum Gasteiger partial charge on any atom is 0.315 e. The van der Waals surface area contributed by atoms with E-state index < -0.39 is 35.1 Å². The summed E-state index contributed by atoms with van der Waals surface area (Å²) >= 11 is 0. The first-order chi connectivity index (χ1) is 12.4. The number of benzene rings is 1. The van der Waals surface area contributed by atoms with Gasteiger partial charge in [0.05, 0.1) is 5.92 Å². The Balaban J connectivity index is 1.66. The molecule has 0 spiro atoms. The Kier molecular flexibility index (Phi) is 6.88. The Morgan fingerprint density at radius 1 is 1.00 bits per heavy atom. The minimum absolute atomic E-state index is 0.00574. The van der Waals surface area contributed by atoms with E-state index in [1.807, 2.05) is 0 Å². The number of halogens is 2. The van der Waals surface area contributed by atoms with Gasteiger partial charge in [-0.15, -0.1) is 0 Å². The summed E-state index contributed by atoms with van der Waals surface area (Å²) in [6.45, 7) is 0.0872. The molecular formula is C17H21F2N3O4. The number of carboxylic acid groups (broad SMARTS) is 1. The third kappa shape index (κ3) is 5.40. The summed E-state index contributed by atoms with van der Waals surface area (Å²) in [5.74, 6) is -3.97. The van der Waals surface area contributed by atoms with Crippen molar-refractivity contribution in [2.75, 3.05) is 13.1 Å². The van der Waals surface area contributed by atoms with Crippen molar-refractivity contribution in [3.63, 3.8) is 0 Å². The SMILES string of the molecule is O=C(NCCNC(=O)c1c(F)cccc1F)NC1CCC(C(=O)O)CC1. The second-order valence-electron chi connectivity index (χ2n) is 6.14. The third-order valence-corrected chi connectivity index (χ3v) is 4.30. The highest BCUT2D eigenvalue weighted by Crippen LogP contribution is 2.24. The smallest absolute Gasteiger partial charge is 0.315 e. The molecule has 7 nitrogen and oxygen atoms in total. The van der Waals surface area contributed by atoms with Crippen LogP contribution in [0.2, 0.25) is 0 Å². The summed E-state index contributed by atoms with van der Waals surface area (Å²) < 4.78 is 26.9. The molecular weight excluding hydrogens is 348 g/mol. The van der Waals surface area contributed by atoms with Crippen LogP contribution >= 0.6 is 0 Å². The summed E-state index contributed by atoms with van der Waals surface area (Å²) in [7, 11) is 0. The van der Waals surface area contributed by atoms with E-state index >= 15 is 0 Å². The molecule has 1 aromatic rings. The van der Waals surface area contributed by atoms with E-state index in [9.17, 15) is 23.2 Å². The maximum atomic E-state index is 13.5. The van der Waals surface area contributed by atoms with Crippen LogP contribution < -0.4 is 16.0 Å². The topological polar surface area (TPSA) is 108 Å². The molecule has 1 saturated carbocycles. The summed E-state index contributed by atoms with van der Waals surface area (Å²) in [6, 6.07) is 2.62. The Labute approximate surface area is 149 Å². The van der Waals surface area contributed by atoms with Crippen molar-refractivity contribution in [2.24, 2.45) is 5.92 Å². The van der Waals surface area contributed by atoms with Gasteiger partial charge in [-0.05, 0) is 37.8 Å². The van der Waals surface area contributed by atoms with Gasteiger partial charge < -0.3 is 21.1 Å². The van der Waals surface area contributed by atoms with E-state index in [4.69, 9.17) is 5.11 Å². The normalized spacial score (nSPS) is 19.5. The maximum absolute atomic E-state index is 13.5. The number of nitrogens with one attached hydrogen (secondary N) is 3. The molecule has 0 heterocycles. The second-order valence-corrected chi connectivity index (χ2v) is 6.14. The van der Waals surface area contributed by atoms with Gasteiger partial charge >= 0.3 is 12.0 Å². The van der Waals surface area contributed by atoms with Crippen LogP contribution in [0.1, 0.15) is 36.0 Å². The molecule has 0 aromatic heterocycles. The van der Waals surface area contributed by atoms with Gasteiger partial charge in [0.1, 0.15) is 17.2 Å². The van der Waals surface area contributed by atoms with Crippen LogP contribution in [0.4, 0.5) is 13.6 Å². The number of hydrogen-bond donors (Lipinski definition) is 4. The number of carboxylic acids is 1. The molecule has 0 unspecified atom stereocenters. The zero-order valence-electron chi connectivity index (χ0n) is 14.1. The Bertz CT molecular complexity index is 656. The fourth-order valence-electron chi connectivity index (χ4n) is 2.88. The Morgan fingerprint density at radius 3 is 2.15 bits per heavy atom. The lowest BCUT2D eigenvalue weighted by molar-refractivity contribution is -0.142.